The van der Waals surface area contributed by atoms with Gasteiger partial charge in [-0.3, -0.25) is 4.79 Å². The molecule has 0 bridgehead atoms. The lowest BCUT2D eigenvalue weighted by Crippen LogP contribution is -2.11. The summed E-state index contributed by atoms with van der Waals surface area (Å²) >= 11 is 1.40. The van der Waals surface area contributed by atoms with E-state index < -0.39 is 0 Å². The Balaban J connectivity index is 1.48. The number of amides is 1. The van der Waals surface area contributed by atoms with Crippen LogP contribution >= 0.6 is 11.3 Å². The molecule has 0 aliphatic carbocycles. The lowest BCUT2D eigenvalue weighted by Gasteiger charge is -2.08. The average molecular weight is 407 g/mol. The topological polar surface area (TPSA) is 77.2 Å². The summed E-state index contributed by atoms with van der Waals surface area (Å²) in [6.45, 7) is 6.59. The molecule has 29 heavy (non-hydrogen) atoms. The first-order valence-electron chi connectivity index (χ1n) is 9.26. The first-order chi connectivity index (χ1) is 14.0. The fourth-order valence-corrected chi connectivity index (χ4v) is 4.45. The SMILES string of the molecule is Cc1nc(C)c2c(C)c(C(=O)Nc3cccc(COCc4ccco4)c3)sc2n1. The molecular weight excluding hydrogens is 386 g/mol. The van der Waals surface area contributed by atoms with Gasteiger partial charge in [0.05, 0.1) is 17.7 Å². The van der Waals surface area contributed by atoms with Crippen molar-refractivity contribution in [1.29, 1.82) is 0 Å². The minimum absolute atomic E-state index is 0.142. The molecule has 0 saturated heterocycles. The standard InChI is InChI=1S/C22H21N3O3S/c1-13-19-14(2)23-15(3)24-22(19)29-20(13)21(26)25-17-7-4-6-16(10-17)11-27-12-18-8-5-9-28-18/h4-10H,11-12H2,1-3H3,(H,25,26). The Hall–Kier alpha value is -3.03. The number of nitrogens with one attached hydrogen (secondary N) is 1. The number of carbonyl (C=O) groups excluding carboxylic acids is 1. The largest absolute Gasteiger partial charge is 0.467 e. The molecule has 7 heteroatoms. The molecule has 0 aliphatic rings. The van der Waals surface area contributed by atoms with Crippen molar-refractivity contribution >= 4 is 33.1 Å². The van der Waals surface area contributed by atoms with Gasteiger partial charge in [-0.1, -0.05) is 12.1 Å². The van der Waals surface area contributed by atoms with Crippen molar-refractivity contribution in [2.24, 2.45) is 0 Å². The molecule has 1 aromatic carbocycles. The van der Waals surface area contributed by atoms with E-state index in [2.05, 4.69) is 15.3 Å². The number of carbonyl (C=O) groups is 1. The summed E-state index contributed by atoms with van der Waals surface area (Å²) in [6.07, 6.45) is 1.62. The predicted molar refractivity (Wildman–Crippen MR) is 113 cm³/mol. The summed E-state index contributed by atoms with van der Waals surface area (Å²) in [5.41, 5.74) is 3.51. The van der Waals surface area contributed by atoms with Crippen molar-refractivity contribution in [2.45, 2.75) is 34.0 Å². The van der Waals surface area contributed by atoms with E-state index >= 15 is 0 Å². The Morgan fingerprint density at radius 3 is 2.79 bits per heavy atom. The summed E-state index contributed by atoms with van der Waals surface area (Å²) in [6, 6.07) is 11.3. The highest BCUT2D eigenvalue weighted by molar-refractivity contribution is 7.20. The number of nitrogens with zero attached hydrogens (tertiary/aromatic N) is 2. The highest BCUT2D eigenvalue weighted by atomic mass is 32.1. The Labute approximate surface area is 172 Å². The van der Waals surface area contributed by atoms with Crippen molar-refractivity contribution in [3.63, 3.8) is 0 Å². The molecule has 1 N–H and O–H groups in total. The van der Waals surface area contributed by atoms with Crippen molar-refractivity contribution in [3.05, 3.63) is 75.9 Å². The zero-order valence-corrected chi connectivity index (χ0v) is 17.3. The predicted octanol–water partition coefficient (Wildman–Crippen LogP) is 5.18. The molecule has 0 saturated carbocycles. The van der Waals surface area contributed by atoms with Crippen molar-refractivity contribution in [2.75, 3.05) is 5.32 Å². The third-order valence-electron chi connectivity index (χ3n) is 4.57. The van der Waals surface area contributed by atoms with Gasteiger partial charge >= 0.3 is 0 Å². The van der Waals surface area contributed by atoms with E-state index in [1.807, 2.05) is 57.2 Å². The summed E-state index contributed by atoms with van der Waals surface area (Å²) < 4.78 is 10.9. The first-order valence-corrected chi connectivity index (χ1v) is 10.1. The van der Waals surface area contributed by atoms with Crippen LogP contribution in [0.5, 0.6) is 0 Å². The van der Waals surface area contributed by atoms with E-state index in [-0.39, 0.29) is 5.91 Å². The van der Waals surface area contributed by atoms with Crippen LogP contribution in [0.2, 0.25) is 0 Å². The minimum Gasteiger partial charge on any atom is -0.467 e. The highest BCUT2D eigenvalue weighted by Gasteiger charge is 2.19. The van der Waals surface area contributed by atoms with Gasteiger partial charge in [-0.15, -0.1) is 11.3 Å². The van der Waals surface area contributed by atoms with Crippen LogP contribution in [0.15, 0.2) is 47.1 Å². The van der Waals surface area contributed by atoms with Gasteiger partial charge in [0.2, 0.25) is 0 Å². The summed E-state index contributed by atoms with van der Waals surface area (Å²) in [7, 11) is 0. The number of hydrogen-bond donors (Lipinski definition) is 1. The number of benzene rings is 1. The van der Waals surface area contributed by atoms with Crippen LogP contribution < -0.4 is 5.32 Å². The first kappa shape index (κ1) is 19.3. The maximum absolute atomic E-state index is 12.9. The normalized spacial score (nSPS) is 11.1. The number of hydrogen-bond acceptors (Lipinski definition) is 6. The van der Waals surface area contributed by atoms with E-state index in [1.54, 1.807) is 6.26 Å². The fourth-order valence-electron chi connectivity index (χ4n) is 3.28. The van der Waals surface area contributed by atoms with Gasteiger partial charge in [-0.05, 0) is 56.2 Å². The Bertz CT molecular complexity index is 1170. The third-order valence-corrected chi connectivity index (χ3v) is 5.75. The lowest BCUT2D eigenvalue weighted by molar-refractivity contribution is 0.0929. The van der Waals surface area contributed by atoms with Crippen LogP contribution in [0, 0.1) is 20.8 Å². The number of thiophene rings is 1. The maximum atomic E-state index is 12.9. The van der Waals surface area contributed by atoms with Crippen LogP contribution in [-0.4, -0.2) is 15.9 Å². The van der Waals surface area contributed by atoms with E-state index in [0.717, 1.165) is 38.5 Å². The number of aromatic nitrogens is 2. The van der Waals surface area contributed by atoms with E-state index in [1.165, 1.54) is 11.3 Å². The second kappa shape index (κ2) is 8.14. The van der Waals surface area contributed by atoms with Crippen LogP contribution in [-0.2, 0) is 18.0 Å². The fraction of sp³-hybridized carbons (Fsp3) is 0.227. The molecule has 148 valence electrons. The van der Waals surface area contributed by atoms with Gasteiger partial charge < -0.3 is 14.5 Å². The average Bonchev–Trinajstić information content (AvgIpc) is 3.30. The molecule has 4 aromatic rings. The monoisotopic (exact) mass is 407 g/mol. The Kier molecular flexibility index (Phi) is 5.42. The zero-order chi connectivity index (χ0) is 20.4. The van der Waals surface area contributed by atoms with Crippen LogP contribution in [0.4, 0.5) is 5.69 Å². The van der Waals surface area contributed by atoms with Gasteiger partial charge in [-0.2, -0.15) is 0 Å². The molecule has 4 rings (SSSR count). The smallest absolute Gasteiger partial charge is 0.266 e. The number of anilines is 1. The van der Waals surface area contributed by atoms with Crippen LogP contribution in [0.1, 0.15) is 38.1 Å². The molecule has 0 aliphatic heterocycles. The Morgan fingerprint density at radius 1 is 1.14 bits per heavy atom. The highest BCUT2D eigenvalue weighted by Crippen LogP contribution is 2.31. The third kappa shape index (κ3) is 4.21. The summed E-state index contributed by atoms with van der Waals surface area (Å²) in [4.78, 5) is 23.3. The Morgan fingerprint density at radius 2 is 2.00 bits per heavy atom. The summed E-state index contributed by atoms with van der Waals surface area (Å²) in [5.74, 6) is 1.35. The van der Waals surface area contributed by atoms with Gasteiger partial charge in [0.15, 0.2) is 0 Å². The maximum Gasteiger partial charge on any atom is 0.266 e. The van der Waals surface area contributed by atoms with Crippen molar-refractivity contribution in [3.8, 4) is 0 Å². The molecule has 0 spiro atoms. The number of ether oxygens (including phenoxy) is 1. The summed E-state index contributed by atoms with van der Waals surface area (Å²) in [5, 5.41) is 3.95. The lowest BCUT2D eigenvalue weighted by atomic mass is 10.1. The molecule has 0 fully saturated rings. The second-order valence-electron chi connectivity index (χ2n) is 6.82. The molecule has 6 nitrogen and oxygen atoms in total. The molecule has 0 unspecified atom stereocenters. The zero-order valence-electron chi connectivity index (χ0n) is 16.5. The molecule has 0 radical (unpaired) electrons. The number of fused-ring (bicyclic) bond motifs is 1. The van der Waals surface area contributed by atoms with Gasteiger partial charge in [-0.25, -0.2) is 9.97 Å². The second-order valence-corrected chi connectivity index (χ2v) is 7.82. The van der Waals surface area contributed by atoms with E-state index in [4.69, 9.17) is 9.15 Å². The molecule has 3 aromatic heterocycles. The molecule has 3 heterocycles. The van der Waals surface area contributed by atoms with Crippen LogP contribution in [0.25, 0.3) is 10.2 Å². The van der Waals surface area contributed by atoms with Crippen molar-refractivity contribution < 1.29 is 13.9 Å². The number of aryl methyl sites for hydroxylation is 3. The van der Waals surface area contributed by atoms with Crippen molar-refractivity contribution in [1.82, 2.24) is 9.97 Å². The molecule has 1 amide bonds. The molecule has 0 atom stereocenters. The van der Waals surface area contributed by atoms with Gasteiger partial charge in [0.25, 0.3) is 5.91 Å². The van der Waals surface area contributed by atoms with E-state index in [0.29, 0.717) is 23.9 Å². The van der Waals surface area contributed by atoms with Crippen LogP contribution in [0.3, 0.4) is 0 Å². The van der Waals surface area contributed by atoms with Gasteiger partial charge in [0.1, 0.15) is 23.0 Å². The number of furan rings is 1. The number of rotatable bonds is 6. The quantitative estimate of drug-likeness (QED) is 0.477. The van der Waals surface area contributed by atoms with E-state index in [9.17, 15) is 4.79 Å². The molecular formula is C22H21N3O3S. The van der Waals surface area contributed by atoms with Gasteiger partial charge in [0, 0.05) is 16.8 Å². The minimum atomic E-state index is -0.142.